The molecule has 0 bridgehead atoms. The number of anilines is 1. The Balaban J connectivity index is 1.90. The van der Waals surface area contributed by atoms with E-state index in [9.17, 15) is 44.7 Å². The van der Waals surface area contributed by atoms with Crippen LogP contribution in [0.25, 0.3) is 0 Å². The number of likely N-dealkylation sites (N-methyl/N-ethyl adjacent to an activating group) is 1. The van der Waals surface area contributed by atoms with E-state index in [4.69, 9.17) is 17.3 Å². The molecule has 8 N–H and O–H groups in total. The number of benzene rings is 1. The van der Waals surface area contributed by atoms with Gasteiger partial charge in [0.15, 0.2) is 22.9 Å². The highest BCUT2D eigenvalue weighted by Gasteiger charge is 2.66. The first-order valence-electron chi connectivity index (χ1n) is 11.5. The fourth-order valence-corrected chi connectivity index (χ4v) is 6.17. The number of aliphatic hydroxyl groups is 4. The van der Waals surface area contributed by atoms with E-state index in [0.29, 0.717) is 0 Å². The van der Waals surface area contributed by atoms with Gasteiger partial charge in [-0.15, -0.1) is 0 Å². The second-order valence-corrected chi connectivity index (χ2v) is 10.6. The van der Waals surface area contributed by atoms with Gasteiger partial charge in [-0.1, -0.05) is 18.5 Å². The van der Waals surface area contributed by atoms with Gasteiger partial charge < -0.3 is 41.5 Å². The molecule has 1 aromatic rings. The number of aromatic hydroxyl groups is 1. The van der Waals surface area contributed by atoms with E-state index in [0.717, 1.165) is 0 Å². The van der Waals surface area contributed by atoms with Crippen LogP contribution >= 0.6 is 11.6 Å². The summed E-state index contributed by atoms with van der Waals surface area (Å²) in [6.07, 6.45) is -3.69. The second kappa shape index (κ2) is 9.07. The molecule has 37 heavy (non-hydrogen) atoms. The lowest BCUT2D eigenvalue weighted by Gasteiger charge is -2.52. The quantitative estimate of drug-likeness (QED) is 0.192. The number of phenols is 1. The summed E-state index contributed by atoms with van der Waals surface area (Å²) in [7, 11) is 3.30. The lowest BCUT2D eigenvalue weighted by molar-refractivity contribution is -0.179. The molecular formula is C24H28ClN3O9. The number of nitrogens with zero attached hydrogens (tertiary/aromatic N) is 1. The predicted octanol–water partition coefficient (Wildman–Crippen LogP) is -0.569. The van der Waals surface area contributed by atoms with E-state index < -0.39 is 88.4 Å². The highest BCUT2D eigenvalue weighted by Crippen LogP contribution is 2.56. The van der Waals surface area contributed by atoms with Crippen molar-refractivity contribution >= 4 is 40.7 Å². The Hall–Kier alpha value is -3.03. The standard InChI is InChI=1S/C24H28ClN3O9/c1-7-8-4-10(25)17(27-12(30)6-28(2)3)20(33)14(8)19(32)16-13(7)18(31)9-5-11(29)15(23(26)36)21(34)24(9,37)22(16)35/h4,7,9,11,13,15,18,29,31,33,35,37H,5-6H2,1-3H3,(H2,26,36)(H,27,30)/t7-,9+,11?,13+,15?,18+,24+/m0/s1. The molecule has 3 aliphatic rings. The number of Topliss-reactive ketones (excluding diaryl/α,β-unsaturated/α-hetero) is 2. The summed E-state index contributed by atoms with van der Waals surface area (Å²) < 4.78 is 0. The summed E-state index contributed by atoms with van der Waals surface area (Å²) in [4.78, 5) is 52.5. The zero-order valence-corrected chi connectivity index (χ0v) is 21.0. The van der Waals surface area contributed by atoms with Crippen molar-refractivity contribution in [1.82, 2.24) is 4.90 Å². The number of phenolic OH excluding ortho intramolecular Hbond substituents is 1. The van der Waals surface area contributed by atoms with E-state index >= 15 is 0 Å². The summed E-state index contributed by atoms with van der Waals surface area (Å²) in [6, 6.07) is 1.36. The Morgan fingerprint density at radius 3 is 2.43 bits per heavy atom. The predicted molar refractivity (Wildman–Crippen MR) is 129 cm³/mol. The molecule has 0 spiro atoms. The lowest BCUT2D eigenvalue weighted by atomic mass is 9.54. The van der Waals surface area contributed by atoms with Crippen LogP contribution in [0.5, 0.6) is 5.75 Å². The Bertz CT molecular complexity index is 1260. The maximum Gasteiger partial charge on any atom is 0.238 e. The van der Waals surface area contributed by atoms with Crippen LogP contribution in [-0.4, -0.2) is 92.3 Å². The van der Waals surface area contributed by atoms with E-state index in [1.807, 2.05) is 0 Å². The molecule has 1 fully saturated rings. The first kappa shape index (κ1) is 27.0. The molecule has 2 amide bonds. The molecule has 3 aliphatic carbocycles. The Kier molecular flexibility index (Phi) is 6.62. The van der Waals surface area contributed by atoms with Gasteiger partial charge in [0.1, 0.15) is 17.4 Å². The summed E-state index contributed by atoms with van der Waals surface area (Å²) in [5, 5.41) is 57.5. The van der Waals surface area contributed by atoms with Crippen molar-refractivity contribution in [2.24, 2.45) is 23.5 Å². The van der Waals surface area contributed by atoms with E-state index in [-0.39, 0.29) is 28.4 Å². The third-order valence-corrected chi connectivity index (χ3v) is 7.92. The SMILES string of the molecule is C[C@H]1c2cc(Cl)c(NC(=O)CN(C)C)c(O)c2C(=O)C2=C(O)[C@]3(O)C(=O)C(C(N)=O)C(O)C[C@@H]3[C@@H](O)[C@@H]21. The van der Waals surface area contributed by atoms with E-state index in [1.165, 1.54) is 6.07 Å². The molecule has 13 heteroatoms. The number of hydrogen-bond acceptors (Lipinski definition) is 10. The third-order valence-electron chi connectivity index (χ3n) is 7.62. The topological polar surface area (TPSA) is 211 Å². The zero-order valence-electron chi connectivity index (χ0n) is 20.2. The number of nitrogens with one attached hydrogen (secondary N) is 1. The number of ketones is 2. The van der Waals surface area contributed by atoms with E-state index in [2.05, 4.69) is 5.32 Å². The van der Waals surface area contributed by atoms with Crippen molar-refractivity contribution in [2.75, 3.05) is 26.0 Å². The highest BCUT2D eigenvalue weighted by molar-refractivity contribution is 6.35. The van der Waals surface area contributed by atoms with Gasteiger partial charge in [0.25, 0.3) is 0 Å². The van der Waals surface area contributed by atoms with Crippen LogP contribution < -0.4 is 11.1 Å². The van der Waals surface area contributed by atoms with Gasteiger partial charge in [0.05, 0.1) is 29.3 Å². The van der Waals surface area contributed by atoms with Gasteiger partial charge in [0.2, 0.25) is 11.8 Å². The lowest BCUT2D eigenvalue weighted by Crippen LogP contribution is -2.67. The third kappa shape index (κ3) is 3.82. The van der Waals surface area contributed by atoms with Crippen LogP contribution in [0.3, 0.4) is 0 Å². The molecule has 0 saturated heterocycles. The number of aliphatic hydroxyl groups excluding tert-OH is 3. The van der Waals surface area contributed by atoms with Crippen LogP contribution in [0.1, 0.15) is 35.2 Å². The van der Waals surface area contributed by atoms with Crippen molar-refractivity contribution in [3.63, 3.8) is 0 Å². The van der Waals surface area contributed by atoms with Gasteiger partial charge in [-0.3, -0.25) is 19.2 Å². The highest BCUT2D eigenvalue weighted by atomic mass is 35.5. The summed E-state index contributed by atoms with van der Waals surface area (Å²) in [6.45, 7) is 1.53. The van der Waals surface area contributed by atoms with Crippen LogP contribution in [0.2, 0.25) is 5.02 Å². The maximum absolute atomic E-state index is 13.7. The van der Waals surface area contributed by atoms with Crippen LogP contribution in [0.4, 0.5) is 5.69 Å². The van der Waals surface area contributed by atoms with E-state index in [1.54, 1.807) is 25.9 Å². The smallest absolute Gasteiger partial charge is 0.238 e. The van der Waals surface area contributed by atoms with Crippen LogP contribution in [0.15, 0.2) is 17.4 Å². The fourth-order valence-electron chi connectivity index (χ4n) is 5.91. The normalized spacial score (nSPS) is 33.1. The fraction of sp³-hybridized carbons (Fsp3) is 0.500. The molecule has 0 aromatic heterocycles. The zero-order chi connectivity index (χ0) is 27.7. The first-order chi connectivity index (χ1) is 17.1. The van der Waals surface area contributed by atoms with Gasteiger partial charge in [-0.2, -0.15) is 0 Å². The molecule has 0 radical (unpaired) electrons. The summed E-state index contributed by atoms with van der Waals surface area (Å²) in [5.74, 6) is -11.1. The minimum absolute atomic E-state index is 0.0547. The monoisotopic (exact) mass is 537 g/mol. The molecule has 1 aromatic carbocycles. The number of primary amides is 1. The minimum Gasteiger partial charge on any atom is -0.508 e. The molecule has 200 valence electrons. The number of hydrogen-bond donors (Lipinski definition) is 7. The van der Waals surface area contributed by atoms with Gasteiger partial charge >= 0.3 is 0 Å². The van der Waals surface area contributed by atoms with Crippen LogP contribution in [-0.2, 0) is 14.4 Å². The Morgan fingerprint density at radius 1 is 1.24 bits per heavy atom. The Morgan fingerprint density at radius 2 is 1.86 bits per heavy atom. The molecule has 12 nitrogen and oxygen atoms in total. The molecule has 0 aliphatic heterocycles. The number of amides is 2. The molecule has 4 rings (SSSR count). The number of carbonyl (C=O) groups is 4. The summed E-state index contributed by atoms with van der Waals surface area (Å²) in [5.41, 5.74) is 1.46. The molecule has 2 unspecified atom stereocenters. The number of carbonyl (C=O) groups excluding carboxylic acids is 4. The number of halogens is 1. The summed E-state index contributed by atoms with van der Waals surface area (Å²) >= 11 is 6.33. The molecular weight excluding hydrogens is 510 g/mol. The first-order valence-corrected chi connectivity index (χ1v) is 11.9. The molecule has 7 atom stereocenters. The van der Waals surface area contributed by atoms with Crippen LogP contribution in [0, 0.1) is 17.8 Å². The Labute approximate surface area is 216 Å². The van der Waals surface area contributed by atoms with Crippen molar-refractivity contribution in [2.45, 2.75) is 37.1 Å². The van der Waals surface area contributed by atoms with Crippen molar-refractivity contribution in [3.8, 4) is 5.75 Å². The average molecular weight is 538 g/mol. The number of rotatable bonds is 4. The molecule has 0 heterocycles. The van der Waals surface area contributed by atoms with Crippen molar-refractivity contribution < 1.29 is 44.7 Å². The van der Waals surface area contributed by atoms with Gasteiger partial charge in [0, 0.05) is 17.4 Å². The number of fused-ring (bicyclic) bond motifs is 3. The maximum atomic E-state index is 13.7. The number of nitrogens with two attached hydrogens (primary N) is 1. The van der Waals surface area contributed by atoms with Gasteiger partial charge in [-0.25, -0.2) is 0 Å². The van der Waals surface area contributed by atoms with Crippen molar-refractivity contribution in [1.29, 1.82) is 0 Å². The van der Waals surface area contributed by atoms with Crippen molar-refractivity contribution in [3.05, 3.63) is 33.5 Å². The minimum atomic E-state index is -2.87. The van der Waals surface area contributed by atoms with Gasteiger partial charge in [-0.05, 0) is 38.1 Å². The molecule has 1 saturated carbocycles. The second-order valence-electron chi connectivity index (χ2n) is 10.1. The largest absolute Gasteiger partial charge is 0.508 e. The average Bonchev–Trinajstić information content (AvgIpc) is 2.78.